The van der Waals surface area contributed by atoms with Crippen LogP contribution in [0.2, 0.25) is 0 Å². The highest BCUT2D eigenvalue weighted by atomic mass is 32.2. The molecule has 0 bridgehead atoms. The summed E-state index contributed by atoms with van der Waals surface area (Å²) < 4.78 is 55.3. The van der Waals surface area contributed by atoms with Gasteiger partial charge >= 0.3 is 5.76 Å². The maximum Gasteiger partial charge on any atom is 0.341 e. The van der Waals surface area contributed by atoms with Crippen LogP contribution in [0.5, 0.6) is 5.75 Å². The number of hydrogen-bond acceptors (Lipinski definition) is 5. The number of amides is 1. The van der Waals surface area contributed by atoms with Crippen molar-refractivity contribution in [2.24, 2.45) is 0 Å². The molecule has 0 spiro atoms. The topological polar surface area (TPSA) is 63.7 Å². The average molecular weight is 430 g/mol. The van der Waals surface area contributed by atoms with E-state index in [4.69, 9.17) is 4.74 Å². The monoisotopic (exact) mass is 429 g/mol. The van der Waals surface area contributed by atoms with Crippen molar-refractivity contribution in [1.82, 2.24) is 4.90 Å². The van der Waals surface area contributed by atoms with E-state index in [-0.39, 0.29) is 11.0 Å². The minimum Gasteiger partial charge on any atom is -0.490 e. The highest BCUT2D eigenvalue weighted by molar-refractivity contribution is 7.92. The van der Waals surface area contributed by atoms with E-state index < -0.39 is 26.4 Å². The van der Waals surface area contributed by atoms with Gasteiger partial charge in [-0.2, -0.15) is 8.78 Å². The number of benzene rings is 1. The van der Waals surface area contributed by atoms with E-state index in [1.54, 1.807) is 0 Å². The number of likely N-dealkylation sites (tertiary alicyclic amines) is 1. The molecule has 0 N–H and O–H groups in total. The lowest BCUT2D eigenvalue weighted by Gasteiger charge is -2.32. The average Bonchev–Trinajstić information content (AvgIpc) is 3.15. The lowest BCUT2D eigenvalue weighted by Crippen LogP contribution is -2.42. The predicted molar refractivity (Wildman–Crippen MR) is 103 cm³/mol. The van der Waals surface area contributed by atoms with Crippen molar-refractivity contribution < 1.29 is 26.7 Å². The lowest BCUT2D eigenvalue weighted by atomic mass is 10.1. The van der Waals surface area contributed by atoms with E-state index in [1.165, 1.54) is 10.3 Å². The molecule has 9 heteroatoms. The Balaban J connectivity index is 1.67. The number of carbonyl (C=O) groups excluding carboxylic acids is 1. The number of sulfone groups is 1. The molecule has 28 heavy (non-hydrogen) atoms. The number of thiophene rings is 1. The van der Waals surface area contributed by atoms with E-state index in [9.17, 15) is 22.0 Å². The normalized spacial score (nSPS) is 15.8. The minimum absolute atomic E-state index is 0.0582. The molecule has 0 radical (unpaired) electrons. The van der Waals surface area contributed by atoms with Crippen molar-refractivity contribution in [2.75, 3.05) is 13.1 Å². The van der Waals surface area contributed by atoms with Gasteiger partial charge < -0.3 is 9.64 Å². The van der Waals surface area contributed by atoms with Crippen molar-refractivity contribution in [3.63, 3.8) is 0 Å². The summed E-state index contributed by atoms with van der Waals surface area (Å²) in [5.74, 6) is -3.27. The second kappa shape index (κ2) is 8.16. The van der Waals surface area contributed by atoms with Crippen LogP contribution in [-0.2, 0) is 9.84 Å². The molecule has 1 aliphatic rings. The minimum atomic E-state index is -4.80. The third-order valence-electron chi connectivity index (χ3n) is 4.73. The summed E-state index contributed by atoms with van der Waals surface area (Å²) in [4.78, 5) is 13.5. The van der Waals surface area contributed by atoms with Crippen molar-refractivity contribution in [3.05, 3.63) is 45.6 Å². The highest BCUT2D eigenvalue weighted by Crippen LogP contribution is 2.29. The zero-order valence-electron chi connectivity index (χ0n) is 15.5. The van der Waals surface area contributed by atoms with Gasteiger partial charge in [-0.15, -0.1) is 11.3 Å². The number of rotatable bonds is 5. The van der Waals surface area contributed by atoms with Crippen LogP contribution >= 0.6 is 11.3 Å². The van der Waals surface area contributed by atoms with Gasteiger partial charge in [0.15, 0.2) is 0 Å². The molecule has 0 unspecified atom stereocenters. The SMILES string of the molecule is Cc1ccc(C)c(OC2CCN(C(=O)c3sccc3S(=O)(=O)C(F)F)CC2)c1. The van der Waals surface area contributed by atoms with Crippen LogP contribution in [-0.4, -0.2) is 44.2 Å². The van der Waals surface area contributed by atoms with Crippen LogP contribution < -0.4 is 4.74 Å². The molecule has 3 rings (SSSR count). The third kappa shape index (κ3) is 4.20. The summed E-state index contributed by atoms with van der Waals surface area (Å²) in [5.41, 5.74) is 2.13. The van der Waals surface area contributed by atoms with Crippen LogP contribution in [0.25, 0.3) is 0 Å². The van der Waals surface area contributed by atoms with Crippen LogP contribution in [0.15, 0.2) is 34.5 Å². The van der Waals surface area contributed by atoms with Gasteiger partial charge in [-0.1, -0.05) is 12.1 Å². The first-order chi connectivity index (χ1) is 13.2. The number of aryl methyl sites for hydroxylation is 2. The van der Waals surface area contributed by atoms with Gasteiger partial charge in [0.1, 0.15) is 16.7 Å². The number of nitrogens with zero attached hydrogens (tertiary/aromatic N) is 1. The maximum absolute atomic E-state index is 12.9. The predicted octanol–water partition coefficient (Wildman–Crippen LogP) is 4.04. The maximum atomic E-state index is 12.9. The van der Waals surface area contributed by atoms with E-state index in [0.29, 0.717) is 25.9 Å². The number of ether oxygens (including phenoxy) is 1. The summed E-state index contributed by atoms with van der Waals surface area (Å²) >= 11 is 0.868. The molecule has 1 saturated heterocycles. The second-order valence-electron chi connectivity index (χ2n) is 6.80. The third-order valence-corrected chi connectivity index (χ3v) is 7.18. The molecule has 1 amide bonds. The fourth-order valence-corrected chi connectivity index (χ4v) is 5.24. The molecule has 0 atom stereocenters. The Hall–Kier alpha value is -2.00. The van der Waals surface area contributed by atoms with Gasteiger partial charge in [0.2, 0.25) is 9.84 Å². The lowest BCUT2D eigenvalue weighted by molar-refractivity contribution is 0.0595. The zero-order valence-corrected chi connectivity index (χ0v) is 17.2. The van der Waals surface area contributed by atoms with Crippen molar-refractivity contribution in [3.8, 4) is 5.75 Å². The van der Waals surface area contributed by atoms with Crippen LogP contribution in [0, 0.1) is 13.8 Å². The van der Waals surface area contributed by atoms with Gasteiger partial charge in [-0.25, -0.2) is 8.42 Å². The Morgan fingerprint density at radius 1 is 1.21 bits per heavy atom. The smallest absolute Gasteiger partial charge is 0.341 e. The molecular formula is C19H21F2NO4S2. The Morgan fingerprint density at radius 3 is 2.54 bits per heavy atom. The molecule has 2 aromatic rings. The van der Waals surface area contributed by atoms with Gasteiger partial charge in [-0.3, -0.25) is 4.79 Å². The molecule has 5 nitrogen and oxygen atoms in total. The Morgan fingerprint density at radius 2 is 1.89 bits per heavy atom. The number of alkyl halides is 2. The summed E-state index contributed by atoms with van der Waals surface area (Å²) in [6.07, 6.45) is 1.11. The highest BCUT2D eigenvalue weighted by Gasteiger charge is 2.34. The first-order valence-corrected chi connectivity index (χ1v) is 11.3. The molecule has 0 aliphatic carbocycles. The van der Waals surface area contributed by atoms with Crippen LogP contribution in [0.1, 0.15) is 33.6 Å². The fourth-order valence-electron chi connectivity index (χ4n) is 3.11. The van der Waals surface area contributed by atoms with Crippen molar-refractivity contribution >= 4 is 27.1 Å². The van der Waals surface area contributed by atoms with E-state index in [2.05, 4.69) is 0 Å². The van der Waals surface area contributed by atoms with Crippen molar-refractivity contribution in [2.45, 2.75) is 43.4 Å². The van der Waals surface area contributed by atoms with E-state index in [1.807, 2.05) is 32.0 Å². The first kappa shape index (κ1) is 20.7. The molecule has 0 saturated carbocycles. The molecular weight excluding hydrogens is 408 g/mol. The van der Waals surface area contributed by atoms with E-state index in [0.717, 1.165) is 34.3 Å². The van der Waals surface area contributed by atoms with Gasteiger partial charge in [0.25, 0.3) is 5.91 Å². The Kier molecular flexibility index (Phi) is 6.04. The molecule has 1 aliphatic heterocycles. The zero-order chi connectivity index (χ0) is 20.5. The molecule has 2 heterocycles. The van der Waals surface area contributed by atoms with Crippen LogP contribution in [0.4, 0.5) is 8.78 Å². The number of piperidine rings is 1. The number of carbonyl (C=O) groups is 1. The summed E-state index contributed by atoms with van der Waals surface area (Å²) in [6.45, 7) is 4.70. The fraction of sp³-hybridized carbons (Fsp3) is 0.421. The van der Waals surface area contributed by atoms with Crippen molar-refractivity contribution in [1.29, 1.82) is 0 Å². The molecule has 1 aromatic heterocycles. The van der Waals surface area contributed by atoms with Gasteiger partial charge in [-0.05, 0) is 42.5 Å². The summed E-state index contributed by atoms with van der Waals surface area (Å²) in [7, 11) is -4.80. The Labute approximate surface area is 166 Å². The molecule has 1 aromatic carbocycles. The van der Waals surface area contributed by atoms with E-state index >= 15 is 0 Å². The van der Waals surface area contributed by atoms with Gasteiger partial charge in [0, 0.05) is 25.9 Å². The Bertz CT molecular complexity index is 964. The molecule has 1 fully saturated rings. The standard InChI is InChI=1S/C19H21F2NO4S2/c1-12-3-4-13(2)15(11-12)26-14-5-8-22(9-6-14)18(23)17-16(7-10-27-17)28(24,25)19(20)21/h3-4,7,10-11,14,19H,5-6,8-9H2,1-2H3. The molecule has 152 valence electrons. The second-order valence-corrected chi connectivity index (χ2v) is 9.60. The number of hydrogen-bond donors (Lipinski definition) is 0. The quantitative estimate of drug-likeness (QED) is 0.720. The van der Waals surface area contributed by atoms with Gasteiger partial charge in [0.05, 0.1) is 4.90 Å². The first-order valence-electron chi connectivity index (χ1n) is 8.83. The number of halogens is 2. The largest absolute Gasteiger partial charge is 0.490 e. The summed E-state index contributed by atoms with van der Waals surface area (Å²) in [6, 6.07) is 7.04. The summed E-state index contributed by atoms with van der Waals surface area (Å²) in [5, 5.41) is 1.35. The van der Waals surface area contributed by atoms with Crippen LogP contribution in [0.3, 0.4) is 0 Å².